The highest BCUT2D eigenvalue weighted by atomic mass is 35.5. The predicted molar refractivity (Wildman–Crippen MR) is 88.4 cm³/mol. The molecule has 0 aromatic heterocycles. The van der Waals surface area contributed by atoms with Crippen LogP contribution in [-0.2, 0) is 14.3 Å². The second-order valence-corrected chi connectivity index (χ2v) is 6.32. The van der Waals surface area contributed by atoms with Gasteiger partial charge in [0.1, 0.15) is 17.8 Å². The number of carbonyl (C=O) groups excluding carboxylic acids is 2. The number of nitrogens with two attached hydrogens (primary N) is 1. The van der Waals surface area contributed by atoms with Gasteiger partial charge in [-0.05, 0) is 46.7 Å². The van der Waals surface area contributed by atoms with Crippen molar-refractivity contribution in [1.29, 1.82) is 0 Å². The summed E-state index contributed by atoms with van der Waals surface area (Å²) < 4.78 is 10.1. The van der Waals surface area contributed by atoms with E-state index in [0.29, 0.717) is 0 Å². The number of hydrogen-bond acceptors (Lipinski definition) is 7. The van der Waals surface area contributed by atoms with Gasteiger partial charge in [0.25, 0.3) is 5.96 Å². The third-order valence-electron chi connectivity index (χ3n) is 1.60. The lowest BCUT2D eigenvalue weighted by atomic mass is 10.2. The fourth-order valence-electron chi connectivity index (χ4n) is 1.04. The molecular weight excluding hydrogens is 328 g/mol. The van der Waals surface area contributed by atoms with E-state index in [0.717, 1.165) is 0 Å². The lowest BCUT2D eigenvalue weighted by molar-refractivity contribution is 0.0536. The van der Waals surface area contributed by atoms with E-state index >= 15 is 0 Å². The van der Waals surface area contributed by atoms with Crippen LogP contribution in [0.3, 0.4) is 0 Å². The van der Waals surface area contributed by atoms with Crippen molar-refractivity contribution in [1.82, 2.24) is 10.6 Å². The maximum absolute atomic E-state index is 11.7. The molecule has 0 aliphatic heterocycles. The third kappa shape index (κ3) is 14.9. The van der Waals surface area contributed by atoms with Crippen LogP contribution in [-0.4, -0.2) is 42.5 Å². The van der Waals surface area contributed by atoms with E-state index in [1.807, 2.05) is 0 Å². The maximum atomic E-state index is 11.7. The van der Waals surface area contributed by atoms with Crippen LogP contribution in [0.15, 0.2) is 5.16 Å². The minimum Gasteiger partial charge on any atom is -0.444 e. The van der Waals surface area contributed by atoms with E-state index in [9.17, 15) is 9.59 Å². The quantitative estimate of drug-likeness (QED) is 0.306. The van der Waals surface area contributed by atoms with E-state index in [2.05, 4.69) is 15.8 Å². The summed E-state index contributed by atoms with van der Waals surface area (Å²) >= 11 is 0. The maximum Gasteiger partial charge on any atom is 0.414 e. The minimum atomic E-state index is -0.793. The van der Waals surface area contributed by atoms with Crippen molar-refractivity contribution in [2.75, 3.05) is 13.2 Å². The lowest BCUT2D eigenvalue weighted by Crippen LogP contribution is -2.47. The zero-order valence-electron chi connectivity index (χ0n) is 14.4. The molecule has 0 saturated heterocycles. The summed E-state index contributed by atoms with van der Waals surface area (Å²) in [5.41, 5.74) is 3.88. The van der Waals surface area contributed by atoms with Crippen molar-refractivity contribution in [3.05, 3.63) is 0 Å². The van der Waals surface area contributed by atoms with Crippen LogP contribution in [0.5, 0.6) is 0 Å². The van der Waals surface area contributed by atoms with Crippen LogP contribution in [0.1, 0.15) is 41.5 Å². The summed E-state index contributed by atoms with van der Waals surface area (Å²) in [6.07, 6.45) is -1.59. The van der Waals surface area contributed by atoms with E-state index in [1.165, 1.54) is 0 Å². The molecule has 136 valence electrons. The molecule has 0 aliphatic rings. The molecule has 2 amide bonds. The highest BCUT2D eigenvalue weighted by Gasteiger charge is 2.21. The van der Waals surface area contributed by atoms with Crippen molar-refractivity contribution in [3.63, 3.8) is 0 Å². The number of oxime groups is 1. The first kappa shape index (κ1) is 23.5. The smallest absolute Gasteiger partial charge is 0.414 e. The molecule has 10 heteroatoms. The van der Waals surface area contributed by atoms with Gasteiger partial charge >= 0.3 is 12.2 Å². The molecule has 23 heavy (non-hydrogen) atoms. The van der Waals surface area contributed by atoms with Crippen molar-refractivity contribution < 1.29 is 23.9 Å². The Bertz CT molecular complexity index is 384. The number of nitrogens with zero attached hydrogens (tertiary/aromatic N) is 1. The molecule has 0 aliphatic carbocycles. The van der Waals surface area contributed by atoms with Crippen LogP contribution in [0, 0.1) is 0 Å². The average Bonchev–Trinajstić information content (AvgIpc) is 2.23. The minimum absolute atomic E-state index is 0. The van der Waals surface area contributed by atoms with Crippen molar-refractivity contribution >= 4 is 30.6 Å². The standard InChI is InChI=1S/C13H26N4O5.ClH/c1-12(2,3)21-10(18)15-9(17-20-8-7-14)16-11(19)22-13(4,5)6;/h7-8,14H2,1-6H3,(H2,15,16,17,18,19);1H. The van der Waals surface area contributed by atoms with Crippen LogP contribution in [0.25, 0.3) is 0 Å². The molecule has 4 N–H and O–H groups in total. The van der Waals surface area contributed by atoms with Gasteiger partial charge in [-0.3, -0.25) is 10.6 Å². The summed E-state index contributed by atoms with van der Waals surface area (Å²) in [6, 6.07) is 0. The zero-order valence-corrected chi connectivity index (χ0v) is 15.2. The first-order chi connectivity index (χ1) is 9.93. The summed E-state index contributed by atoms with van der Waals surface area (Å²) in [4.78, 5) is 28.2. The number of halogens is 1. The predicted octanol–water partition coefficient (Wildman–Crippen LogP) is 1.70. The fraction of sp³-hybridized carbons (Fsp3) is 0.769. The first-order valence-electron chi connectivity index (χ1n) is 6.83. The number of rotatable bonds is 3. The van der Waals surface area contributed by atoms with E-state index in [-0.39, 0.29) is 31.5 Å². The summed E-state index contributed by atoms with van der Waals surface area (Å²) in [7, 11) is 0. The normalized spacial score (nSPS) is 10.7. The Morgan fingerprint density at radius 3 is 1.65 bits per heavy atom. The van der Waals surface area contributed by atoms with Gasteiger partial charge in [0.05, 0.1) is 0 Å². The Kier molecular flexibility index (Phi) is 10.3. The van der Waals surface area contributed by atoms with Gasteiger partial charge in [-0.25, -0.2) is 9.59 Å². The van der Waals surface area contributed by atoms with Gasteiger partial charge in [-0.1, -0.05) is 0 Å². The van der Waals surface area contributed by atoms with Crippen molar-refractivity contribution in [2.45, 2.75) is 52.7 Å². The topological polar surface area (TPSA) is 124 Å². The second-order valence-electron chi connectivity index (χ2n) is 6.32. The average molecular weight is 355 g/mol. The molecule has 0 bridgehead atoms. The van der Waals surface area contributed by atoms with Crippen LogP contribution in [0.2, 0.25) is 0 Å². The molecule has 0 aromatic rings. The van der Waals surface area contributed by atoms with Crippen LogP contribution < -0.4 is 16.4 Å². The second kappa shape index (κ2) is 10.1. The van der Waals surface area contributed by atoms with E-state index in [1.54, 1.807) is 41.5 Å². The highest BCUT2D eigenvalue weighted by Crippen LogP contribution is 2.07. The SMILES string of the molecule is CC(C)(C)OC(=O)NC(=NOCCN)NC(=O)OC(C)(C)C.Cl. The molecule has 0 radical (unpaired) electrons. The largest absolute Gasteiger partial charge is 0.444 e. The van der Waals surface area contributed by atoms with Gasteiger partial charge in [0.2, 0.25) is 0 Å². The summed E-state index contributed by atoms with van der Waals surface area (Å²) in [5.74, 6) is -0.253. The molecular formula is C13H27ClN4O5. The van der Waals surface area contributed by atoms with Gasteiger partial charge < -0.3 is 20.0 Å². The Balaban J connectivity index is 0. The Hall–Kier alpha value is -1.74. The number of hydrogen-bond donors (Lipinski definition) is 3. The van der Waals surface area contributed by atoms with Gasteiger partial charge in [0.15, 0.2) is 0 Å². The molecule has 0 spiro atoms. The van der Waals surface area contributed by atoms with Gasteiger partial charge in [-0.2, -0.15) is 0 Å². The Labute approximate surface area is 142 Å². The van der Waals surface area contributed by atoms with Crippen molar-refractivity contribution in [3.8, 4) is 0 Å². The number of ether oxygens (including phenoxy) is 2. The number of alkyl carbamates (subject to hydrolysis) is 2. The molecule has 0 saturated carbocycles. The van der Waals surface area contributed by atoms with E-state index < -0.39 is 23.4 Å². The molecule has 9 nitrogen and oxygen atoms in total. The Morgan fingerprint density at radius 2 is 1.35 bits per heavy atom. The van der Waals surface area contributed by atoms with E-state index in [4.69, 9.17) is 20.0 Å². The van der Waals surface area contributed by atoms with Crippen molar-refractivity contribution in [2.24, 2.45) is 10.9 Å². The third-order valence-corrected chi connectivity index (χ3v) is 1.60. The highest BCUT2D eigenvalue weighted by molar-refractivity contribution is 6.01. The summed E-state index contributed by atoms with van der Waals surface area (Å²) in [6.45, 7) is 10.6. The van der Waals surface area contributed by atoms with Crippen LogP contribution in [0.4, 0.5) is 9.59 Å². The summed E-state index contributed by atoms with van der Waals surface area (Å²) in [5, 5.41) is 8.09. The number of nitrogens with one attached hydrogen (secondary N) is 2. The number of guanidine groups is 1. The van der Waals surface area contributed by atoms with Gasteiger partial charge in [0, 0.05) is 6.54 Å². The molecule has 0 atom stereocenters. The molecule has 0 rings (SSSR count). The molecule has 0 fully saturated rings. The molecule has 0 heterocycles. The number of amides is 2. The monoisotopic (exact) mass is 354 g/mol. The van der Waals surface area contributed by atoms with Gasteiger partial charge in [-0.15, -0.1) is 12.4 Å². The van der Waals surface area contributed by atoms with Crippen LogP contribution >= 0.6 is 12.4 Å². The molecule has 0 unspecified atom stereocenters. The Morgan fingerprint density at radius 1 is 0.957 bits per heavy atom. The lowest BCUT2D eigenvalue weighted by Gasteiger charge is -2.21. The molecule has 0 aromatic carbocycles. The zero-order chi connectivity index (χ0) is 17.4. The first-order valence-corrected chi connectivity index (χ1v) is 6.83. The fourth-order valence-corrected chi connectivity index (χ4v) is 1.04. The number of carbonyl (C=O) groups is 2.